The van der Waals surface area contributed by atoms with E-state index in [-0.39, 0.29) is 37.3 Å². The molecule has 10 heteroatoms. The molecular weight excluding hydrogens is 474 g/mol. The van der Waals surface area contributed by atoms with Gasteiger partial charge in [0.2, 0.25) is 0 Å². The smallest absolute Gasteiger partial charge is 0.332 e. The van der Waals surface area contributed by atoms with Crippen LogP contribution in [-0.4, -0.2) is 23.4 Å². The van der Waals surface area contributed by atoms with Crippen molar-refractivity contribution in [1.29, 1.82) is 0 Å². The summed E-state index contributed by atoms with van der Waals surface area (Å²) in [7, 11) is 4.57. The molecule has 0 aliphatic heterocycles. The van der Waals surface area contributed by atoms with E-state index in [0.717, 1.165) is 0 Å². The fourth-order valence-electron chi connectivity index (χ4n) is 3.07. The quantitative estimate of drug-likeness (QED) is 0.425. The first kappa shape index (κ1) is 22.7. The number of nitrogens with zero attached hydrogens (tertiary/aromatic N) is 2. The van der Waals surface area contributed by atoms with Crippen LogP contribution in [0.25, 0.3) is 5.69 Å². The number of halogens is 4. The van der Waals surface area contributed by atoms with Crippen LogP contribution in [0.2, 0.25) is 20.1 Å². The van der Waals surface area contributed by atoms with E-state index >= 15 is 0 Å². The molecule has 0 aliphatic carbocycles. The molecule has 2 aromatic carbocycles. The van der Waals surface area contributed by atoms with Gasteiger partial charge in [0, 0.05) is 25.5 Å². The maximum atomic E-state index is 12.4. The minimum absolute atomic E-state index is 0.0850. The predicted molar refractivity (Wildman–Crippen MR) is 120 cm³/mol. The van der Waals surface area contributed by atoms with Gasteiger partial charge >= 0.3 is 5.69 Å². The van der Waals surface area contributed by atoms with E-state index < -0.39 is 0 Å². The number of hydrogen-bond donors (Lipinski definition) is 0. The average Bonchev–Trinajstić information content (AvgIpc) is 3.05. The van der Waals surface area contributed by atoms with Crippen molar-refractivity contribution >= 4 is 46.4 Å². The first-order chi connectivity index (χ1) is 14.1. The van der Waals surface area contributed by atoms with Crippen molar-refractivity contribution in [1.82, 2.24) is 9.13 Å². The Bertz CT molecular complexity index is 1140. The molecule has 0 spiro atoms. The average molecular weight is 492 g/mol. The van der Waals surface area contributed by atoms with Gasteiger partial charge in [0.25, 0.3) is 0 Å². The molecule has 0 radical (unpaired) electrons. The highest BCUT2D eigenvalue weighted by Crippen LogP contribution is 2.51. The summed E-state index contributed by atoms with van der Waals surface area (Å²) >= 11 is 26.0. The molecule has 1 heterocycles. The van der Waals surface area contributed by atoms with Gasteiger partial charge in [0.1, 0.15) is 21.5 Å². The number of aryl methyl sites for hydroxylation is 1. The maximum absolute atomic E-state index is 12.4. The standard InChI is InChI=1S/C20H18Cl4N2O4/c1-9-13(21)18(14(22)10(2)17(9)26-7-6-25(3)20(26)27)30-19-15(23)11(28-4)8-12(29-5)16(19)24/h6-8H,1-5H3. The van der Waals surface area contributed by atoms with E-state index in [1.54, 1.807) is 39.4 Å². The maximum Gasteiger partial charge on any atom is 0.332 e. The summed E-state index contributed by atoms with van der Waals surface area (Å²) in [5.74, 6) is 0.851. The number of hydrogen-bond acceptors (Lipinski definition) is 4. The highest BCUT2D eigenvalue weighted by Gasteiger charge is 2.25. The second kappa shape index (κ2) is 8.63. The summed E-state index contributed by atoms with van der Waals surface area (Å²) in [5.41, 5.74) is 1.54. The van der Waals surface area contributed by atoms with Crippen LogP contribution < -0.4 is 19.9 Å². The summed E-state index contributed by atoms with van der Waals surface area (Å²) < 4.78 is 19.4. The van der Waals surface area contributed by atoms with Crippen molar-refractivity contribution in [2.75, 3.05) is 14.2 Å². The van der Waals surface area contributed by atoms with Crippen LogP contribution in [0.3, 0.4) is 0 Å². The van der Waals surface area contributed by atoms with Crippen molar-refractivity contribution in [3.63, 3.8) is 0 Å². The van der Waals surface area contributed by atoms with Gasteiger partial charge in [-0.15, -0.1) is 0 Å². The van der Waals surface area contributed by atoms with E-state index in [0.29, 0.717) is 28.3 Å². The van der Waals surface area contributed by atoms with Gasteiger partial charge in [-0.25, -0.2) is 4.79 Å². The molecule has 30 heavy (non-hydrogen) atoms. The number of imidazole rings is 1. The topological polar surface area (TPSA) is 54.6 Å². The van der Waals surface area contributed by atoms with Crippen molar-refractivity contribution in [3.05, 3.63) is 60.2 Å². The molecule has 0 saturated heterocycles. The Morgan fingerprint density at radius 3 is 1.67 bits per heavy atom. The van der Waals surface area contributed by atoms with Crippen molar-refractivity contribution in [3.8, 4) is 28.7 Å². The molecule has 3 rings (SSSR count). The number of rotatable bonds is 5. The lowest BCUT2D eigenvalue weighted by molar-refractivity contribution is 0.387. The van der Waals surface area contributed by atoms with Gasteiger partial charge in [-0.1, -0.05) is 46.4 Å². The normalized spacial score (nSPS) is 11.0. The Kier molecular flexibility index (Phi) is 6.53. The van der Waals surface area contributed by atoms with Crippen LogP contribution in [0.1, 0.15) is 11.1 Å². The molecule has 3 aromatic rings. The van der Waals surface area contributed by atoms with Crippen molar-refractivity contribution in [2.45, 2.75) is 13.8 Å². The lowest BCUT2D eigenvalue weighted by Crippen LogP contribution is -2.22. The Morgan fingerprint density at radius 1 is 0.800 bits per heavy atom. The third-order valence-corrected chi connectivity index (χ3v) is 6.32. The first-order valence-electron chi connectivity index (χ1n) is 8.64. The van der Waals surface area contributed by atoms with E-state index in [1.807, 2.05) is 0 Å². The highest BCUT2D eigenvalue weighted by molar-refractivity contribution is 6.40. The fraction of sp³-hybridized carbons (Fsp3) is 0.250. The van der Waals surface area contributed by atoms with Crippen LogP contribution in [0, 0.1) is 13.8 Å². The molecule has 0 fully saturated rings. The van der Waals surface area contributed by atoms with Crippen LogP contribution in [0.15, 0.2) is 23.3 Å². The number of aromatic nitrogens is 2. The lowest BCUT2D eigenvalue weighted by Gasteiger charge is -2.20. The van der Waals surface area contributed by atoms with Gasteiger partial charge in [0.05, 0.1) is 30.0 Å². The summed E-state index contributed by atoms with van der Waals surface area (Å²) in [4.78, 5) is 12.4. The zero-order valence-electron chi connectivity index (χ0n) is 16.8. The SMILES string of the molecule is COc1cc(OC)c(Cl)c(Oc2c(Cl)c(C)c(-n3ccn(C)c3=O)c(C)c2Cl)c1Cl. The molecule has 0 N–H and O–H groups in total. The molecule has 0 bridgehead atoms. The van der Waals surface area contributed by atoms with E-state index in [4.69, 9.17) is 60.6 Å². The lowest BCUT2D eigenvalue weighted by atomic mass is 10.1. The Hall–Kier alpha value is -1.99. The molecule has 0 atom stereocenters. The molecule has 0 unspecified atom stereocenters. The number of methoxy groups -OCH3 is 2. The first-order valence-corrected chi connectivity index (χ1v) is 10.2. The van der Waals surface area contributed by atoms with Crippen molar-refractivity contribution < 1.29 is 14.2 Å². The molecule has 0 saturated carbocycles. The molecule has 0 amide bonds. The van der Waals surface area contributed by atoms with Crippen LogP contribution in [-0.2, 0) is 7.05 Å². The molecule has 1 aromatic heterocycles. The monoisotopic (exact) mass is 490 g/mol. The van der Waals surface area contributed by atoms with Crippen LogP contribution >= 0.6 is 46.4 Å². The second-order valence-electron chi connectivity index (χ2n) is 6.46. The van der Waals surface area contributed by atoms with Crippen LogP contribution in [0.4, 0.5) is 0 Å². The van der Waals surface area contributed by atoms with Gasteiger partial charge in [-0.05, 0) is 25.0 Å². The Labute approximate surface area is 193 Å². The summed E-state index contributed by atoms with van der Waals surface area (Å²) in [6.45, 7) is 3.53. The predicted octanol–water partition coefficient (Wildman–Crippen LogP) is 6.22. The second-order valence-corrected chi connectivity index (χ2v) is 7.97. The highest BCUT2D eigenvalue weighted by atomic mass is 35.5. The van der Waals surface area contributed by atoms with E-state index in [1.165, 1.54) is 23.4 Å². The molecule has 6 nitrogen and oxygen atoms in total. The fourth-order valence-corrected chi connectivity index (χ4v) is 4.14. The minimum Gasteiger partial charge on any atom is -0.495 e. The Balaban J connectivity index is 2.23. The third kappa shape index (κ3) is 3.62. The summed E-state index contributed by atoms with van der Waals surface area (Å²) in [6.07, 6.45) is 3.29. The van der Waals surface area contributed by atoms with E-state index in [9.17, 15) is 4.79 Å². The molecular formula is C20H18Cl4N2O4. The minimum atomic E-state index is -0.231. The molecule has 160 valence electrons. The van der Waals surface area contributed by atoms with Gasteiger partial charge in [-0.3, -0.25) is 4.57 Å². The number of ether oxygens (including phenoxy) is 3. The van der Waals surface area contributed by atoms with Crippen molar-refractivity contribution in [2.24, 2.45) is 7.05 Å². The summed E-state index contributed by atoms with van der Waals surface area (Å²) in [6, 6.07) is 1.54. The van der Waals surface area contributed by atoms with Gasteiger partial charge < -0.3 is 18.8 Å². The van der Waals surface area contributed by atoms with Gasteiger partial charge in [0.15, 0.2) is 11.5 Å². The van der Waals surface area contributed by atoms with E-state index in [2.05, 4.69) is 0 Å². The largest absolute Gasteiger partial charge is 0.495 e. The molecule has 0 aliphatic rings. The third-order valence-electron chi connectivity index (χ3n) is 4.69. The zero-order valence-corrected chi connectivity index (χ0v) is 19.8. The summed E-state index contributed by atoms with van der Waals surface area (Å²) in [5, 5.41) is 0.693. The van der Waals surface area contributed by atoms with Crippen LogP contribution in [0.5, 0.6) is 23.0 Å². The Morgan fingerprint density at radius 2 is 1.27 bits per heavy atom. The number of benzene rings is 2. The van der Waals surface area contributed by atoms with Gasteiger partial charge in [-0.2, -0.15) is 0 Å². The zero-order chi connectivity index (χ0) is 22.3.